The van der Waals surface area contributed by atoms with Crippen LogP contribution in [0.25, 0.3) is 0 Å². The van der Waals surface area contributed by atoms with Gasteiger partial charge in [0.25, 0.3) is 0 Å². The van der Waals surface area contributed by atoms with Crippen LogP contribution in [0.15, 0.2) is 18.3 Å². The van der Waals surface area contributed by atoms with Crippen LogP contribution < -0.4 is 0 Å². The van der Waals surface area contributed by atoms with E-state index in [0.717, 1.165) is 0 Å². The third-order valence-electron chi connectivity index (χ3n) is 3.06. The molecule has 1 aliphatic carbocycles. The third kappa shape index (κ3) is 4.31. The van der Waals surface area contributed by atoms with Crippen molar-refractivity contribution in [1.82, 2.24) is 0 Å². The van der Waals surface area contributed by atoms with E-state index in [9.17, 15) is 0 Å². The van der Waals surface area contributed by atoms with Gasteiger partial charge >= 0.3 is 0 Å². The number of hydrogen-bond acceptors (Lipinski definition) is 0. The zero-order valence-corrected chi connectivity index (χ0v) is 14.7. The highest BCUT2D eigenvalue weighted by Crippen LogP contribution is 2.39. The van der Waals surface area contributed by atoms with E-state index in [4.69, 9.17) is 0 Å². The molecule has 1 aliphatic rings. The number of allylic oxidation sites excluding steroid dienone is 4. The molecule has 1 rings (SSSR count). The monoisotopic (exact) mass is 444 g/mol. The van der Waals surface area contributed by atoms with Gasteiger partial charge in [0, 0.05) is 0 Å². The summed E-state index contributed by atoms with van der Waals surface area (Å²) in [6.07, 6.45) is 10.5. The first-order valence-electron chi connectivity index (χ1n) is 6.46. The van der Waals surface area contributed by atoms with Crippen molar-refractivity contribution in [2.75, 3.05) is 0 Å². The molecule has 2 heteroatoms. The Hall–Kier alpha value is 0.940. The number of rotatable bonds is 4. The molecule has 16 heavy (non-hydrogen) atoms. The zero-order valence-electron chi connectivity index (χ0n) is 10.4. The predicted octanol–water partition coefficient (Wildman–Crippen LogP) is 6.54. The fraction of sp³-hybridized carbons (Fsp3) is 0.714. The zero-order chi connectivity index (χ0) is 12.0. The Morgan fingerprint density at radius 3 is 1.56 bits per heavy atom. The van der Waals surface area contributed by atoms with Crippen LogP contribution in [-0.2, 0) is 0 Å². The molecular formula is C14H22I2. The Bertz CT molecular complexity index is 257. The van der Waals surface area contributed by atoms with E-state index >= 15 is 0 Å². The Morgan fingerprint density at radius 2 is 1.25 bits per heavy atom. The maximum Gasteiger partial charge on any atom is -0.00591 e. The van der Waals surface area contributed by atoms with Crippen LogP contribution in [0.2, 0.25) is 0 Å². The first-order valence-corrected chi connectivity index (χ1v) is 8.61. The van der Waals surface area contributed by atoms with Crippen molar-refractivity contribution in [3.05, 3.63) is 18.3 Å². The van der Waals surface area contributed by atoms with Crippen LogP contribution in [0.1, 0.15) is 65.2 Å². The summed E-state index contributed by atoms with van der Waals surface area (Å²) in [6.45, 7) is 4.56. The molecule has 0 aromatic carbocycles. The molecule has 0 N–H and O–H groups in total. The summed E-state index contributed by atoms with van der Waals surface area (Å²) in [6, 6.07) is 0. The molecule has 0 amide bonds. The molecule has 0 atom stereocenters. The maximum atomic E-state index is 2.58. The van der Waals surface area contributed by atoms with Crippen molar-refractivity contribution in [3.63, 3.8) is 0 Å². The van der Waals surface area contributed by atoms with Crippen LogP contribution in [0, 0.1) is 0 Å². The second-order valence-corrected chi connectivity index (χ2v) is 7.08. The molecule has 0 aromatic heterocycles. The Labute approximate surface area is 128 Å². The molecule has 0 heterocycles. The lowest BCUT2D eigenvalue weighted by atomic mass is 9.88. The second-order valence-electron chi connectivity index (χ2n) is 4.47. The second kappa shape index (κ2) is 8.11. The highest BCUT2D eigenvalue weighted by atomic mass is 127. The summed E-state index contributed by atoms with van der Waals surface area (Å²) in [5.74, 6) is 0. The number of hydrogen-bond donors (Lipinski definition) is 0. The molecule has 0 unspecified atom stereocenters. The average molecular weight is 444 g/mol. The van der Waals surface area contributed by atoms with Gasteiger partial charge in [-0.3, -0.25) is 0 Å². The van der Waals surface area contributed by atoms with E-state index in [-0.39, 0.29) is 0 Å². The standard InChI is InChI=1S/C14H22I2/c1-3-7-13(15)11-9-5-6-10-12(11)14(16)8-4-2/h3-10H2,1-2H3/b13-11-,14-12-. The number of halogens is 2. The predicted molar refractivity (Wildman–Crippen MR) is 90.4 cm³/mol. The molecule has 0 saturated heterocycles. The van der Waals surface area contributed by atoms with Crippen molar-refractivity contribution in [1.29, 1.82) is 0 Å². The largest absolute Gasteiger partial charge is 0.0650 e. The minimum atomic E-state index is 1.27. The van der Waals surface area contributed by atoms with Crippen LogP contribution in [0.5, 0.6) is 0 Å². The summed E-state index contributed by atoms with van der Waals surface area (Å²) in [5, 5.41) is 0. The van der Waals surface area contributed by atoms with Gasteiger partial charge in [0.15, 0.2) is 0 Å². The van der Waals surface area contributed by atoms with Crippen LogP contribution in [0.4, 0.5) is 0 Å². The topological polar surface area (TPSA) is 0 Å². The Balaban J connectivity index is 2.95. The first-order chi connectivity index (χ1) is 7.70. The summed E-state index contributed by atoms with van der Waals surface area (Å²) < 4.78 is 3.25. The molecule has 0 nitrogen and oxygen atoms in total. The highest BCUT2D eigenvalue weighted by Gasteiger charge is 2.17. The van der Waals surface area contributed by atoms with Gasteiger partial charge in [-0.15, -0.1) is 0 Å². The molecule has 0 bridgehead atoms. The van der Waals surface area contributed by atoms with E-state index in [2.05, 4.69) is 59.0 Å². The molecule has 1 fully saturated rings. The lowest BCUT2D eigenvalue weighted by Crippen LogP contribution is -2.02. The summed E-state index contributed by atoms with van der Waals surface area (Å²) >= 11 is 5.16. The third-order valence-corrected chi connectivity index (χ3v) is 5.44. The molecular weight excluding hydrogens is 422 g/mol. The summed E-state index contributed by atoms with van der Waals surface area (Å²) in [7, 11) is 0. The molecule has 0 aliphatic heterocycles. The van der Waals surface area contributed by atoms with E-state index in [1.165, 1.54) is 51.4 Å². The fourth-order valence-electron chi connectivity index (χ4n) is 2.24. The Kier molecular flexibility index (Phi) is 7.61. The average Bonchev–Trinajstić information content (AvgIpc) is 2.30. The van der Waals surface area contributed by atoms with E-state index in [1.54, 1.807) is 18.3 Å². The lowest BCUT2D eigenvalue weighted by molar-refractivity contribution is 0.669. The van der Waals surface area contributed by atoms with Crippen LogP contribution >= 0.6 is 45.2 Å². The van der Waals surface area contributed by atoms with Gasteiger partial charge in [-0.05, 0) is 102 Å². The minimum absolute atomic E-state index is 1.27. The molecule has 92 valence electrons. The fourth-order valence-corrected chi connectivity index (χ4v) is 4.51. The smallest absolute Gasteiger partial charge is 0.00591 e. The Morgan fingerprint density at radius 1 is 0.875 bits per heavy atom. The van der Waals surface area contributed by atoms with Crippen molar-refractivity contribution in [2.45, 2.75) is 65.2 Å². The van der Waals surface area contributed by atoms with Gasteiger partial charge < -0.3 is 0 Å². The van der Waals surface area contributed by atoms with Crippen LogP contribution in [0.3, 0.4) is 0 Å². The maximum absolute atomic E-state index is 2.58. The van der Waals surface area contributed by atoms with E-state index in [1.807, 2.05) is 0 Å². The van der Waals surface area contributed by atoms with Crippen molar-refractivity contribution < 1.29 is 0 Å². The van der Waals surface area contributed by atoms with Crippen molar-refractivity contribution in [3.8, 4) is 0 Å². The molecule has 1 saturated carbocycles. The van der Waals surface area contributed by atoms with E-state index < -0.39 is 0 Å². The van der Waals surface area contributed by atoms with Gasteiger partial charge in [0.1, 0.15) is 0 Å². The summed E-state index contributed by atoms with van der Waals surface area (Å²) in [4.78, 5) is 0. The summed E-state index contributed by atoms with van der Waals surface area (Å²) in [5.41, 5.74) is 3.40. The quantitative estimate of drug-likeness (QED) is 0.432. The molecule has 0 spiro atoms. The molecule has 0 radical (unpaired) electrons. The minimum Gasteiger partial charge on any atom is -0.0650 e. The van der Waals surface area contributed by atoms with Gasteiger partial charge in [0.05, 0.1) is 0 Å². The van der Waals surface area contributed by atoms with Gasteiger partial charge in [-0.25, -0.2) is 0 Å². The molecule has 0 aromatic rings. The van der Waals surface area contributed by atoms with E-state index in [0.29, 0.717) is 0 Å². The van der Waals surface area contributed by atoms with Gasteiger partial charge in [-0.1, -0.05) is 26.7 Å². The van der Waals surface area contributed by atoms with Crippen molar-refractivity contribution in [2.24, 2.45) is 0 Å². The van der Waals surface area contributed by atoms with Crippen LogP contribution in [-0.4, -0.2) is 0 Å². The first kappa shape index (κ1) is 15.0. The highest BCUT2D eigenvalue weighted by molar-refractivity contribution is 14.1. The normalized spacial score (nSPS) is 23.2. The van der Waals surface area contributed by atoms with Gasteiger partial charge in [0.2, 0.25) is 0 Å². The SMILES string of the molecule is CCC/C(I)=C1\CCCC\C1=C(\I)CCC. The lowest BCUT2D eigenvalue weighted by Gasteiger charge is -2.22. The van der Waals surface area contributed by atoms with Crippen molar-refractivity contribution >= 4 is 45.2 Å². The van der Waals surface area contributed by atoms with Gasteiger partial charge in [-0.2, -0.15) is 0 Å².